The largest absolute Gasteiger partial charge is 0.454 e. The molecule has 0 saturated carbocycles. The summed E-state index contributed by atoms with van der Waals surface area (Å²) in [6, 6.07) is 9.33. The molecule has 0 spiro atoms. The third-order valence-corrected chi connectivity index (χ3v) is 3.19. The zero-order valence-corrected chi connectivity index (χ0v) is 11.2. The topological polar surface area (TPSA) is 70.3 Å². The predicted octanol–water partition coefficient (Wildman–Crippen LogP) is 2.84. The van der Waals surface area contributed by atoms with Crippen molar-refractivity contribution in [3.05, 3.63) is 42.1 Å². The van der Waals surface area contributed by atoms with Gasteiger partial charge in [0.1, 0.15) is 5.69 Å². The van der Waals surface area contributed by atoms with E-state index in [0.717, 1.165) is 16.9 Å². The van der Waals surface area contributed by atoms with E-state index in [-0.39, 0.29) is 6.79 Å². The van der Waals surface area contributed by atoms with Crippen LogP contribution in [0.3, 0.4) is 0 Å². The minimum absolute atomic E-state index is 0.237. The van der Waals surface area contributed by atoms with E-state index in [1.165, 1.54) is 0 Å². The Kier molecular flexibility index (Phi) is 2.60. The van der Waals surface area contributed by atoms with Gasteiger partial charge in [-0.05, 0) is 42.8 Å². The fourth-order valence-electron chi connectivity index (χ4n) is 2.13. The van der Waals surface area contributed by atoms with Crippen molar-refractivity contribution in [1.82, 2.24) is 15.1 Å². The first-order valence-corrected chi connectivity index (χ1v) is 6.46. The molecule has 2 aromatic heterocycles. The molecule has 3 heterocycles. The monoisotopic (exact) mass is 281 g/mol. The van der Waals surface area contributed by atoms with Crippen LogP contribution >= 0.6 is 0 Å². The maximum Gasteiger partial charge on any atom is 0.258 e. The number of fused-ring (bicyclic) bond motifs is 1. The summed E-state index contributed by atoms with van der Waals surface area (Å²) < 4.78 is 15.9. The van der Waals surface area contributed by atoms with Gasteiger partial charge in [0, 0.05) is 11.8 Å². The standard InChI is InChI=1S/C15H11N3O3/c1-9-4-5-16-11(6-9)14-17-15(21-18-14)10-2-3-12-13(7-10)20-8-19-12/h2-7H,8H2,1H3. The van der Waals surface area contributed by atoms with Gasteiger partial charge in [-0.1, -0.05) is 5.16 Å². The summed E-state index contributed by atoms with van der Waals surface area (Å²) in [5, 5.41) is 3.98. The lowest BCUT2D eigenvalue weighted by atomic mass is 10.2. The normalized spacial score (nSPS) is 12.6. The van der Waals surface area contributed by atoms with Gasteiger partial charge in [0.05, 0.1) is 0 Å². The van der Waals surface area contributed by atoms with Gasteiger partial charge in [-0.25, -0.2) is 0 Å². The molecule has 1 aromatic carbocycles. The summed E-state index contributed by atoms with van der Waals surface area (Å²) in [5.41, 5.74) is 2.56. The third-order valence-electron chi connectivity index (χ3n) is 3.19. The summed E-state index contributed by atoms with van der Waals surface area (Å²) in [6.45, 7) is 2.23. The van der Waals surface area contributed by atoms with E-state index >= 15 is 0 Å². The molecule has 0 bridgehead atoms. The van der Waals surface area contributed by atoms with Crippen molar-refractivity contribution in [2.24, 2.45) is 0 Å². The van der Waals surface area contributed by atoms with Crippen LogP contribution in [-0.2, 0) is 0 Å². The van der Waals surface area contributed by atoms with Crippen LogP contribution in [0.4, 0.5) is 0 Å². The molecule has 0 unspecified atom stereocenters. The molecule has 104 valence electrons. The maximum atomic E-state index is 5.34. The van der Waals surface area contributed by atoms with Gasteiger partial charge in [0.25, 0.3) is 5.89 Å². The fraction of sp³-hybridized carbons (Fsp3) is 0.133. The number of nitrogens with zero attached hydrogens (tertiary/aromatic N) is 3. The molecule has 0 saturated heterocycles. The van der Waals surface area contributed by atoms with Gasteiger partial charge >= 0.3 is 0 Å². The summed E-state index contributed by atoms with van der Waals surface area (Å²) in [7, 11) is 0. The van der Waals surface area contributed by atoms with Gasteiger partial charge in [-0.2, -0.15) is 4.98 Å². The van der Waals surface area contributed by atoms with Crippen LogP contribution in [-0.4, -0.2) is 21.9 Å². The van der Waals surface area contributed by atoms with Gasteiger partial charge < -0.3 is 14.0 Å². The molecule has 4 rings (SSSR count). The molecule has 6 heteroatoms. The van der Waals surface area contributed by atoms with Gasteiger partial charge in [0.15, 0.2) is 11.5 Å². The molecule has 1 aliphatic heterocycles. The van der Waals surface area contributed by atoms with E-state index < -0.39 is 0 Å². The molecule has 0 N–H and O–H groups in total. The van der Waals surface area contributed by atoms with Crippen molar-refractivity contribution >= 4 is 0 Å². The van der Waals surface area contributed by atoms with Crippen LogP contribution in [0, 0.1) is 6.92 Å². The third kappa shape index (κ3) is 2.10. The maximum absolute atomic E-state index is 5.34. The minimum atomic E-state index is 0.237. The highest BCUT2D eigenvalue weighted by Crippen LogP contribution is 2.35. The number of ether oxygens (including phenoxy) is 2. The van der Waals surface area contributed by atoms with Crippen molar-refractivity contribution < 1.29 is 14.0 Å². The highest BCUT2D eigenvalue weighted by atomic mass is 16.7. The van der Waals surface area contributed by atoms with E-state index in [1.54, 1.807) is 6.20 Å². The number of aromatic nitrogens is 3. The van der Waals surface area contributed by atoms with E-state index in [1.807, 2.05) is 37.3 Å². The Balaban J connectivity index is 1.71. The molecular formula is C15H11N3O3. The molecule has 21 heavy (non-hydrogen) atoms. The molecular weight excluding hydrogens is 270 g/mol. The fourth-order valence-corrected chi connectivity index (χ4v) is 2.13. The zero-order valence-electron chi connectivity index (χ0n) is 11.2. The first-order chi connectivity index (χ1) is 10.3. The zero-order chi connectivity index (χ0) is 14.2. The highest BCUT2D eigenvalue weighted by molar-refractivity contribution is 5.62. The Labute approximate surface area is 120 Å². The lowest BCUT2D eigenvalue weighted by Crippen LogP contribution is -1.92. The average Bonchev–Trinajstić information content (AvgIpc) is 3.15. The van der Waals surface area contributed by atoms with Crippen LogP contribution in [0.25, 0.3) is 23.0 Å². The number of hydrogen-bond acceptors (Lipinski definition) is 6. The Bertz CT molecular complexity index is 813. The summed E-state index contributed by atoms with van der Waals surface area (Å²) in [6.07, 6.45) is 1.72. The SMILES string of the molecule is Cc1ccnc(-c2noc(-c3ccc4c(c3)OCO4)n2)c1. The number of benzene rings is 1. The smallest absolute Gasteiger partial charge is 0.258 e. The van der Waals surface area contributed by atoms with Crippen molar-refractivity contribution in [3.63, 3.8) is 0 Å². The average molecular weight is 281 g/mol. The molecule has 0 fully saturated rings. The predicted molar refractivity (Wildman–Crippen MR) is 73.8 cm³/mol. The Morgan fingerprint density at radius 1 is 1.05 bits per heavy atom. The molecule has 0 amide bonds. The molecule has 0 atom stereocenters. The quantitative estimate of drug-likeness (QED) is 0.719. The van der Waals surface area contributed by atoms with Crippen LogP contribution in [0.15, 0.2) is 41.1 Å². The minimum Gasteiger partial charge on any atom is -0.454 e. The van der Waals surface area contributed by atoms with Gasteiger partial charge in [-0.15, -0.1) is 0 Å². The van der Waals surface area contributed by atoms with Crippen LogP contribution < -0.4 is 9.47 Å². The van der Waals surface area contributed by atoms with Crippen molar-refractivity contribution in [1.29, 1.82) is 0 Å². The molecule has 6 nitrogen and oxygen atoms in total. The van der Waals surface area contributed by atoms with Crippen molar-refractivity contribution in [2.45, 2.75) is 6.92 Å². The second-order valence-corrected chi connectivity index (χ2v) is 4.71. The molecule has 3 aromatic rings. The van der Waals surface area contributed by atoms with E-state index in [4.69, 9.17) is 14.0 Å². The van der Waals surface area contributed by atoms with Crippen molar-refractivity contribution in [3.8, 4) is 34.5 Å². The highest BCUT2D eigenvalue weighted by Gasteiger charge is 2.17. The second-order valence-electron chi connectivity index (χ2n) is 4.71. The van der Waals surface area contributed by atoms with Crippen molar-refractivity contribution in [2.75, 3.05) is 6.79 Å². The number of pyridine rings is 1. The lowest BCUT2D eigenvalue weighted by molar-refractivity contribution is 0.174. The molecule has 0 radical (unpaired) electrons. The van der Waals surface area contributed by atoms with Crippen LogP contribution in [0.2, 0.25) is 0 Å². The summed E-state index contributed by atoms with van der Waals surface area (Å²) in [5.74, 6) is 2.29. The molecule has 1 aliphatic rings. The number of aryl methyl sites for hydroxylation is 1. The Morgan fingerprint density at radius 2 is 1.95 bits per heavy atom. The number of rotatable bonds is 2. The van der Waals surface area contributed by atoms with Crippen LogP contribution in [0.5, 0.6) is 11.5 Å². The number of hydrogen-bond donors (Lipinski definition) is 0. The first kappa shape index (κ1) is 11.9. The Hall–Kier alpha value is -2.89. The molecule has 0 aliphatic carbocycles. The van der Waals surface area contributed by atoms with E-state index in [9.17, 15) is 0 Å². The first-order valence-electron chi connectivity index (χ1n) is 6.46. The Morgan fingerprint density at radius 3 is 2.86 bits per heavy atom. The summed E-state index contributed by atoms with van der Waals surface area (Å²) >= 11 is 0. The summed E-state index contributed by atoms with van der Waals surface area (Å²) in [4.78, 5) is 8.63. The lowest BCUT2D eigenvalue weighted by Gasteiger charge is -1.97. The van der Waals surface area contributed by atoms with Gasteiger partial charge in [0.2, 0.25) is 12.6 Å². The van der Waals surface area contributed by atoms with Gasteiger partial charge in [-0.3, -0.25) is 4.98 Å². The van der Waals surface area contributed by atoms with Crippen LogP contribution in [0.1, 0.15) is 5.56 Å². The second kappa shape index (κ2) is 4.59. The van der Waals surface area contributed by atoms with E-state index in [0.29, 0.717) is 23.2 Å². The van der Waals surface area contributed by atoms with E-state index in [2.05, 4.69) is 15.1 Å².